The molecule has 1 amide bonds. The molecular formula is C18H21BrN4O3. The van der Waals surface area contributed by atoms with Gasteiger partial charge in [-0.1, -0.05) is 12.1 Å². The van der Waals surface area contributed by atoms with E-state index in [1.54, 1.807) is 19.3 Å². The molecule has 1 aliphatic rings. The van der Waals surface area contributed by atoms with Gasteiger partial charge in [0, 0.05) is 32.3 Å². The summed E-state index contributed by atoms with van der Waals surface area (Å²) in [5.41, 5.74) is 1.93. The van der Waals surface area contributed by atoms with Crippen LogP contribution in [0.25, 0.3) is 0 Å². The maximum Gasteiger partial charge on any atom is 0.282 e. The minimum absolute atomic E-state index is 0.112. The first-order chi connectivity index (χ1) is 12.5. The quantitative estimate of drug-likeness (QED) is 0.746. The number of carbonyl (C=O) groups excluding carboxylic acids is 1. The molecule has 2 N–H and O–H groups in total. The fourth-order valence-corrected chi connectivity index (χ4v) is 3.27. The molecule has 8 heteroatoms. The Balaban J connectivity index is 1.61. The van der Waals surface area contributed by atoms with Gasteiger partial charge in [0.2, 0.25) is 0 Å². The van der Waals surface area contributed by atoms with E-state index in [1.807, 2.05) is 18.2 Å². The Morgan fingerprint density at radius 1 is 1.46 bits per heavy atom. The zero-order valence-corrected chi connectivity index (χ0v) is 16.1. The van der Waals surface area contributed by atoms with Crippen LogP contribution in [0.3, 0.4) is 0 Å². The molecule has 1 aromatic heterocycles. The molecule has 1 aromatic carbocycles. The Bertz CT molecular complexity index is 847. The Morgan fingerprint density at radius 2 is 2.31 bits per heavy atom. The number of benzene rings is 1. The third kappa shape index (κ3) is 4.50. The summed E-state index contributed by atoms with van der Waals surface area (Å²) < 4.78 is 7.21. The van der Waals surface area contributed by atoms with Gasteiger partial charge in [0.05, 0.1) is 18.0 Å². The summed E-state index contributed by atoms with van der Waals surface area (Å²) in [5.74, 6) is -0.112. The Hall–Kier alpha value is -2.19. The van der Waals surface area contributed by atoms with E-state index in [-0.39, 0.29) is 17.6 Å². The van der Waals surface area contributed by atoms with Crippen molar-refractivity contribution in [3.05, 3.63) is 56.4 Å². The minimum Gasteiger partial charge on any atom is -0.379 e. The fourth-order valence-electron chi connectivity index (χ4n) is 2.77. The van der Waals surface area contributed by atoms with E-state index < -0.39 is 0 Å². The van der Waals surface area contributed by atoms with Gasteiger partial charge in [-0.3, -0.25) is 9.59 Å². The van der Waals surface area contributed by atoms with Crippen molar-refractivity contribution in [1.82, 2.24) is 15.1 Å². The largest absolute Gasteiger partial charge is 0.379 e. The predicted octanol–water partition coefficient (Wildman–Crippen LogP) is 2.06. The third-order valence-electron chi connectivity index (χ3n) is 4.26. The highest BCUT2D eigenvalue weighted by atomic mass is 79.9. The second kappa shape index (κ2) is 8.46. The second-order valence-electron chi connectivity index (χ2n) is 6.20. The van der Waals surface area contributed by atoms with Crippen LogP contribution in [0.2, 0.25) is 0 Å². The zero-order chi connectivity index (χ0) is 18.5. The molecule has 1 fully saturated rings. The Morgan fingerprint density at radius 3 is 3.08 bits per heavy atom. The van der Waals surface area contributed by atoms with Gasteiger partial charge in [0.25, 0.3) is 11.5 Å². The molecule has 3 rings (SSSR count). The van der Waals surface area contributed by atoms with Gasteiger partial charge in [-0.2, -0.15) is 5.10 Å². The van der Waals surface area contributed by atoms with Gasteiger partial charge in [-0.25, -0.2) is 4.68 Å². The average molecular weight is 421 g/mol. The molecule has 7 nitrogen and oxygen atoms in total. The average Bonchev–Trinajstić information content (AvgIpc) is 3.17. The smallest absolute Gasteiger partial charge is 0.282 e. The van der Waals surface area contributed by atoms with Crippen LogP contribution >= 0.6 is 15.9 Å². The Kier molecular flexibility index (Phi) is 6.05. The number of nitrogens with one attached hydrogen (secondary N) is 2. The van der Waals surface area contributed by atoms with E-state index in [4.69, 9.17) is 4.74 Å². The maximum absolute atomic E-state index is 12.3. The van der Waals surface area contributed by atoms with Crippen LogP contribution in [0.1, 0.15) is 28.8 Å². The van der Waals surface area contributed by atoms with Crippen LogP contribution in [-0.4, -0.2) is 34.9 Å². The third-order valence-corrected chi connectivity index (χ3v) is 5.03. The van der Waals surface area contributed by atoms with Gasteiger partial charge < -0.3 is 15.4 Å². The van der Waals surface area contributed by atoms with E-state index in [9.17, 15) is 9.59 Å². The summed E-state index contributed by atoms with van der Waals surface area (Å²) in [5, 5.41) is 10.1. The normalized spacial score (nSPS) is 16.5. The van der Waals surface area contributed by atoms with E-state index in [0.717, 1.165) is 25.0 Å². The van der Waals surface area contributed by atoms with Gasteiger partial charge in [0.1, 0.15) is 4.47 Å². The number of amides is 1. The van der Waals surface area contributed by atoms with Gasteiger partial charge >= 0.3 is 0 Å². The molecule has 26 heavy (non-hydrogen) atoms. The number of anilines is 1. The van der Waals surface area contributed by atoms with Crippen LogP contribution in [0.4, 0.5) is 5.69 Å². The molecule has 1 aliphatic heterocycles. The molecule has 0 bridgehead atoms. The minimum atomic E-state index is -0.211. The van der Waals surface area contributed by atoms with Crippen molar-refractivity contribution in [2.45, 2.75) is 25.5 Å². The first kappa shape index (κ1) is 18.6. The van der Waals surface area contributed by atoms with Crippen LogP contribution in [0, 0.1) is 0 Å². The number of halogens is 1. The highest BCUT2D eigenvalue weighted by Crippen LogP contribution is 2.17. The topological polar surface area (TPSA) is 85.2 Å². The predicted molar refractivity (Wildman–Crippen MR) is 102 cm³/mol. The highest BCUT2D eigenvalue weighted by molar-refractivity contribution is 9.10. The first-order valence-corrected chi connectivity index (χ1v) is 9.28. The molecule has 0 aliphatic carbocycles. The summed E-state index contributed by atoms with van der Waals surface area (Å²) in [4.78, 5) is 24.2. The van der Waals surface area contributed by atoms with Crippen LogP contribution in [-0.2, 0) is 18.3 Å². The number of hydrogen-bond donors (Lipinski definition) is 2. The molecule has 0 radical (unpaired) electrons. The van der Waals surface area contributed by atoms with Crippen LogP contribution in [0.5, 0.6) is 0 Å². The number of nitrogens with zero attached hydrogens (tertiary/aromatic N) is 2. The SMILES string of the molecule is Cn1ncc(NCc2cccc(C(=O)NCC3CCCO3)c2)c(Br)c1=O. The van der Waals surface area contributed by atoms with Crippen molar-refractivity contribution >= 4 is 27.5 Å². The van der Waals surface area contributed by atoms with E-state index in [0.29, 0.717) is 28.8 Å². The molecule has 2 heterocycles. The van der Waals surface area contributed by atoms with E-state index in [2.05, 4.69) is 31.7 Å². The summed E-state index contributed by atoms with van der Waals surface area (Å²) >= 11 is 3.28. The summed E-state index contributed by atoms with van der Waals surface area (Å²) in [6.45, 7) is 1.78. The highest BCUT2D eigenvalue weighted by Gasteiger charge is 2.16. The van der Waals surface area contributed by atoms with Crippen molar-refractivity contribution in [2.24, 2.45) is 7.05 Å². The van der Waals surface area contributed by atoms with Crippen LogP contribution < -0.4 is 16.2 Å². The fraction of sp³-hybridized carbons (Fsp3) is 0.389. The molecule has 0 spiro atoms. The monoisotopic (exact) mass is 420 g/mol. The standard InChI is InChI=1S/C18H21BrN4O3/c1-23-18(25)16(19)15(11-22-23)20-9-12-4-2-5-13(8-12)17(24)21-10-14-6-3-7-26-14/h2,4-5,8,11,14,20H,3,6-7,9-10H2,1H3,(H,21,24). The van der Waals surface area contributed by atoms with Crippen molar-refractivity contribution < 1.29 is 9.53 Å². The number of aryl methyl sites for hydroxylation is 1. The summed E-state index contributed by atoms with van der Waals surface area (Å²) in [6, 6.07) is 7.38. The van der Waals surface area contributed by atoms with Crippen molar-refractivity contribution in [1.29, 1.82) is 0 Å². The van der Waals surface area contributed by atoms with E-state index >= 15 is 0 Å². The molecule has 1 unspecified atom stereocenters. The lowest BCUT2D eigenvalue weighted by Gasteiger charge is -2.12. The number of aromatic nitrogens is 2. The Labute approximate surface area is 159 Å². The van der Waals surface area contributed by atoms with Gasteiger partial charge in [-0.05, 0) is 46.5 Å². The van der Waals surface area contributed by atoms with Crippen molar-refractivity contribution in [3.8, 4) is 0 Å². The number of ether oxygens (including phenoxy) is 1. The first-order valence-electron chi connectivity index (χ1n) is 8.49. The molecular weight excluding hydrogens is 400 g/mol. The van der Waals surface area contributed by atoms with Gasteiger partial charge in [0.15, 0.2) is 0 Å². The molecule has 0 saturated carbocycles. The maximum atomic E-state index is 12.3. The van der Waals surface area contributed by atoms with Crippen LogP contribution in [0.15, 0.2) is 39.7 Å². The lowest BCUT2D eigenvalue weighted by Crippen LogP contribution is -2.31. The van der Waals surface area contributed by atoms with E-state index in [1.165, 1.54) is 4.68 Å². The number of carbonyl (C=O) groups is 1. The molecule has 2 aromatic rings. The molecule has 1 saturated heterocycles. The summed E-state index contributed by atoms with van der Waals surface area (Å²) in [6.07, 6.45) is 3.75. The summed E-state index contributed by atoms with van der Waals surface area (Å²) in [7, 11) is 1.59. The lowest BCUT2D eigenvalue weighted by molar-refractivity contribution is 0.0857. The van der Waals surface area contributed by atoms with Crippen molar-refractivity contribution in [2.75, 3.05) is 18.5 Å². The molecule has 138 valence electrons. The van der Waals surface area contributed by atoms with Crippen molar-refractivity contribution in [3.63, 3.8) is 0 Å². The second-order valence-corrected chi connectivity index (χ2v) is 6.99. The van der Waals surface area contributed by atoms with Gasteiger partial charge in [-0.15, -0.1) is 0 Å². The molecule has 1 atom stereocenters. The lowest BCUT2D eigenvalue weighted by atomic mass is 10.1. The number of rotatable bonds is 6. The zero-order valence-electron chi connectivity index (χ0n) is 14.5. The number of hydrogen-bond acceptors (Lipinski definition) is 5.